The number of hydrogen-bond acceptors (Lipinski definition) is 3. The first-order valence-electron chi connectivity index (χ1n) is 5.92. The van der Waals surface area contributed by atoms with Gasteiger partial charge in [-0.2, -0.15) is 0 Å². The first-order chi connectivity index (χ1) is 8.28. The molecule has 4 heteroatoms. The molecular formula is C13H17FO3. The van der Waals surface area contributed by atoms with Crippen LogP contribution in [0, 0.1) is 5.82 Å². The van der Waals surface area contributed by atoms with Crippen molar-refractivity contribution in [3.8, 4) is 5.75 Å². The summed E-state index contributed by atoms with van der Waals surface area (Å²) in [6.07, 6.45) is 2.84. The zero-order valence-corrected chi connectivity index (χ0v) is 9.64. The van der Waals surface area contributed by atoms with Crippen LogP contribution in [0.3, 0.4) is 0 Å². The summed E-state index contributed by atoms with van der Waals surface area (Å²) in [5, 5.41) is 8.80. The predicted octanol–water partition coefficient (Wildman–Crippen LogP) is 2.13. The number of benzene rings is 1. The molecule has 1 saturated heterocycles. The van der Waals surface area contributed by atoms with Crippen molar-refractivity contribution in [1.29, 1.82) is 0 Å². The number of halogens is 1. The molecule has 2 atom stereocenters. The van der Waals surface area contributed by atoms with E-state index in [4.69, 9.17) is 14.6 Å². The maximum atomic E-state index is 12.7. The zero-order valence-electron chi connectivity index (χ0n) is 9.64. The molecule has 0 saturated carbocycles. The molecule has 1 N–H and O–H groups in total. The summed E-state index contributed by atoms with van der Waals surface area (Å²) in [6, 6.07) is 5.96. The molecule has 1 heterocycles. The van der Waals surface area contributed by atoms with E-state index in [0.717, 1.165) is 12.8 Å². The Morgan fingerprint density at radius 1 is 1.24 bits per heavy atom. The van der Waals surface area contributed by atoms with Crippen molar-refractivity contribution >= 4 is 0 Å². The van der Waals surface area contributed by atoms with E-state index in [1.54, 1.807) is 12.1 Å². The lowest BCUT2D eigenvalue weighted by Crippen LogP contribution is -2.19. The first-order valence-corrected chi connectivity index (χ1v) is 5.92. The topological polar surface area (TPSA) is 38.7 Å². The molecule has 0 bridgehead atoms. The molecule has 17 heavy (non-hydrogen) atoms. The molecule has 1 aromatic carbocycles. The summed E-state index contributed by atoms with van der Waals surface area (Å²) in [7, 11) is 0. The SMILES string of the molecule is OCC[C@@H]1CC[C@@H](COc2ccc(F)cc2)O1. The van der Waals surface area contributed by atoms with Crippen LogP contribution in [0.25, 0.3) is 0 Å². The highest BCUT2D eigenvalue weighted by molar-refractivity contribution is 5.22. The second-order valence-electron chi connectivity index (χ2n) is 4.23. The van der Waals surface area contributed by atoms with Crippen LogP contribution in [0.5, 0.6) is 5.75 Å². The Morgan fingerprint density at radius 3 is 2.65 bits per heavy atom. The van der Waals surface area contributed by atoms with Gasteiger partial charge in [0.1, 0.15) is 18.2 Å². The van der Waals surface area contributed by atoms with Gasteiger partial charge >= 0.3 is 0 Å². The molecule has 94 valence electrons. The van der Waals surface area contributed by atoms with Crippen molar-refractivity contribution in [2.45, 2.75) is 31.5 Å². The Labute approximate surface area is 100 Å². The highest BCUT2D eigenvalue weighted by Gasteiger charge is 2.25. The molecule has 2 rings (SSSR count). The quantitative estimate of drug-likeness (QED) is 0.857. The van der Waals surface area contributed by atoms with Gasteiger partial charge in [0.15, 0.2) is 0 Å². The summed E-state index contributed by atoms with van der Waals surface area (Å²) in [6.45, 7) is 0.643. The molecule has 1 aliphatic heterocycles. The number of aliphatic hydroxyl groups excluding tert-OH is 1. The molecule has 0 spiro atoms. The van der Waals surface area contributed by atoms with Crippen molar-refractivity contribution in [3.63, 3.8) is 0 Å². The molecule has 1 aliphatic rings. The van der Waals surface area contributed by atoms with Gasteiger partial charge in [-0.3, -0.25) is 0 Å². The molecule has 3 nitrogen and oxygen atoms in total. The van der Waals surface area contributed by atoms with Crippen LogP contribution in [0.4, 0.5) is 4.39 Å². The van der Waals surface area contributed by atoms with Gasteiger partial charge in [0, 0.05) is 6.61 Å². The maximum Gasteiger partial charge on any atom is 0.123 e. The summed E-state index contributed by atoms with van der Waals surface area (Å²) in [5.41, 5.74) is 0. The summed E-state index contributed by atoms with van der Waals surface area (Å²) in [5.74, 6) is 0.387. The van der Waals surface area contributed by atoms with E-state index in [1.807, 2.05) is 0 Å². The van der Waals surface area contributed by atoms with Crippen LogP contribution in [0.15, 0.2) is 24.3 Å². The highest BCUT2D eigenvalue weighted by atomic mass is 19.1. The number of rotatable bonds is 5. The van der Waals surface area contributed by atoms with Gasteiger partial charge in [-0.1, -0.05) is 0 Å². The summed E-state index contributed by atoms with van der Waals surface area (Å²) in [4.78, 5) is 0. The molecule has 0 radical (unpaired) electrons. The number of ether oxygens (including phenoxy) is 2. The van der Waals surface area contributed by atoms with Crippen LogP contribution in [-0.2, 0) is 4.74 Å². The smallest absolute Gasteiger partial charge is 0.123 e. The first kappa shape index (κ1) is 12.3. The standard InChI is InChI=1S/C13H17FO3/c14-10-1-3-11(4-2-10)16-9-13-6-5-12(17-13)7-8-15/h1-4,12-13,15H,5-9H2/t12-,13-/m0/s1. The maximum absolute atomic E-state index is 12.7. The van der Waals surface area contributed by atoms with E-state index in [1.165, 1.54) is 12.1 Å². The Hall–Kier alpha value is -1.13. The molecule has 0 amide bonds. The van der Waals surface area contributed by atoms with E-state index in [9.17, 15) is 4.39 Å². The summed E-state index contributed by atoms with van der Waals surface area (Å²) >= 11 is 0. The predicted molar refractivity (Wildman–Crippen MR) is 61.5 cm³/mol. The fourth-order valence-corrected chi connectivity index (χ4v) is 1.98. The second kappa shape index (κ2) is 5.98. The summed E-state index contributed by atoms with van der Waals surface area (Å²) < 4.78 is 23.9. The van der Waals surface area contributed by atoms with Crippen molar-refractivity contribution in [1.82, 2.24) is 0 Å². The zero-order chi connectivity index (χ0) is 12.1. The third-order valence-corrected chi connectivity index (χ3v) is 2.90. The van der Waals surface area contributed by atoms with Crippen LogP contribution in [-0.4, -0.2) is 30.5 Å². The van der Waals surface area contributed by atoms with Gasteiger partial charge in [-0.05, 0) is 43.5 Å². The third kappa shape index (κ3) is 3.68. The number of aliphatic hydroxyl groups is 1. The van der Waals surface area contributed by atoms with Gasteiger partial charge in [0.2, 0.25) is 0 Å². The van der Waals surface area contributed by atoms with Gasteiger partial charge in [0.25, 0.3) is 0 Å². The average molecular weight is 240 g/mol. The monoisotopic (exact) mass is 240 g/mol. The second-order valence-corrected chi connectivity index (χ2v) is 4.23. The lowest BCUT2D eigenvalue weighted by atomic mass is 10.1. The van der Waals surface area contributed by atoms with Gasteiger partial charge < -0.3 is 14.6 Å². The molecular weight excluding hydrogens is 223 g/mol. The molecule has 0 aromatic heterocycles. The van der Waals surface area contributed by atoms with E-state index in [0.29, 0.717) is 18.8 Å². The lowest BCUT2D eigenvalue weighted by Gasteiger charge is -2.14. The largest absolute Gasteiger partial charge is 0.491 e. The van der Waals surface area contributed by atoms with Gasteiger partial charge in [-0.15, -0.1) is 0 Å². The minimum Gasteiger partial charge on any atom is -0.491 e. The Kier molecular flexibility index (Phi) is 4.34. The van der Waals surface area contributed by atoms with Crippen molar-refractivity contribution in [2.75, 3.05) is 13.2 Å². The normalized spacial score (nSPS) is 23.9. The van der Waals surface area contributed by atoms with Crippen LogP contribution >= 0.6 is 0 Å². The van der Waals surface area contributed by atoms with E-state index >= 15 is 0 Å². The van der Waals surface area contributed by atoms with Crippen LogP contribution in [0.1, 0.15) is 19.3 Å². The van der Waals surface area contributed by atoms with Crippen LogP contribution < -0.4 is 4.74 Å². The third-order valence-electron chi connectivity index (χ3n) is 2.90. The van der Waals surface area contributed by atoms with E-state index in [-0.39, 0.29) is 24.6 Å². The average Bonchev–Trinajstić information content (AvgIpc) is 2.77. The van der Waals surface area contributed by atoms with E-state index in [2.05, 4.69) is 0 Å². The Morgan fingerprint density at radius 2 is 1.94 bits per heavy atom. The van der Waals surface area contributed by atoms with Crippen molar-refractivity contribution in [2.24, 2.45) is 0 Å². The van der Waals surface area contributed by atoms with Crippen molar-refractivity contribution in [3.05, 3.63) is 30.1 Å². The Bertz CT molecular complexity index is 339. The van der Waals surface area contributed by atoms with Crippen molar-refractivity contribution < 1.29 is 19.0 Å². The molecule has 0 aliphatic carbocycles. The van der Waals surface area contributed by atoms with Gasteiger partial charge in [0.05, 0.1) is 12.2 Å². The lowest BCUT2D eigenvalue weighted by molar-refractivity contribution is 0.00785. The molecule has 0 unspecified atom stereocenters. The molecule has 1 fully saturated rings. The number of hydrogen-bond donors (Lipinski definition) is 1. The molecule has 1 aromatic rings. The fraction of sp³-hybridized carbons (Fsp3) is 0.538. The van der Waals surface area contributed by atoms with Crippen LogP contribution in [0.2, 0.25) is 0 Å². The van der Waals surface area contributed by atoms with E-state index < -0.39 is 0 Å². The minimum atomic E-state index is -0.266. The highest BCUT2D eigenvalue weighted by Crippen LogP contribution is 2.22. The Balaban J connectivity index is 1.74. The fourth-order valence-electron chi connectivity index (χ4n) is 1.98. The van der Waals surface area contributed by atoms with Gasteiger partial charge in [-0.25, -0.2) is 4.39 Å². The minimum absolute atomic E-state index is 0.0802.